The first kappa shape index (κ1) is 18.6. The second-order valence-electron chi connectivity index (χ2n) is 5.85. The third kappa shape index (κ3) is 4.71. The van der Waals surface area contributed by atoms with E-state index >= 15 is 0 Å². The number of anilines is 2. The number of rotatable bonds is 5. The van der Waals surface area contributed by atoms with E-state index in [2.05, 4.69) is 22.5 Å². The third-order valence-electron chi connectivity index (χ3n) is 3.96. The highest BCUT2D eigenvalue weighted by Crippen LogP contribution is 2.21. The number of para-hydroxylation sites is 1. The van der Waals surface area contributed by atoms with Crippen molar-refractivity contribution in [2.24, 2.45) is 0 Å². The van der Waals surface area contributed by atoms with Gasteiger partial charge in [-0.25, -0.2) is 4.98 Å². The van der Waals surface area contributed by atoms with E-state index in [1.165, 1.54) is 5.56 Å². The molecule has 0 saturated carbocycles. The van der Waals surface area contributed by atoms with Crippen molar-refractivity contribution in [1.29, 1.82) is 0 Å². The molecule has 0 aliphatic heterocycles. The lowest BCUT2D eigenvalue weighted by atomic mass is 10.1. The smallest absolute Gasteiger partial charge is 0.274 e. The summed E-state index contributed by atoms with van der Waals surface area (Å²) in [5, 5.41) is 5.90. The Labute approximate surface area is 162 Å². The molecular weight excluding hydrogens is 362 g/mol. The Hall–Kier alpha value is -3.18. The predicted molar refractivity (Wildman–Crippen MR) is 107 cm³/mol. The molecule has 0 bridgehead atoms. The fraction of sp³-hybridized carbons (Fsp3) is 0.0952. The zero-order valence-corrected chi connectivity index (χ0v) is 15.5. The zero-order chi connectivity index (χ0) is 19.2. The molecule has 2 amide bonds. The van der Waals surface area contributed by atoms with Gasteiger partial charge in [-0.2, -0.15) is 0 Å². The van der Waals surface area contributed by atoms with Crippen molar-refractivity contribution in [2.75, 3.05) is 10.6 Å². The lowest BCUT2D eigenvalue weighted by Crippen LogP contribution is -2.18. The molecule has 0 atom stereocenters. The van der Waals surface area contributed by atoms with Crippen LogP contribution in [0.25, 0.3) is 0 Å². The van der Waals surface area contributed by atoms with Crippen molar-refractivity contribution in [3.05, 3.63) is 88.7 Å². The predicted octanol–water partition coefficient (Wildman–Crippen LogP) is 4.80. The van der Waals surface area contributed by atoms with Crippen molar-refractivity contribution in [3.8, 4) is 0 Å². The Morgan fingerprint density at radius 3 is 2.11 bits per heavy atom. The summed E-state index contributed by atoms with van der Waals surface area (Å²) in [6, 6.07) is 19.2. The van der Waals surface area contributed by atoms with Crippen LogP contribution in [0, 0.1) is 0 Å². The highest BCUT2D eigenvalue weighted by molar-refractivity contribution is 6.33. The number of halogens is 1. The van der Waals surface area contributed by atoms with Gasteiger partial charge in [-0.15, -0.1) is 0 Å². The summed E-state index contributed by atoms with van der Waals surface area (Å²) in [5.74, 6) is -0.823. The summed E-state index contributed by atoms with van der Waals surface area (Å²) in [5.41, 5.74) is 2.62. The van der Waals surface area contributed by atoms with Gasteiger partial charge in [0.05, 0.1) is 10.7 Å². The molecule has 0 spiro atoms. The standard InChI is InChI=1S/C21H18ClN3O2/c1-2-14-10-12-15(13-11-14)23-20(26)18-8-5-9-19(24-18)21(27)25-17-7-4-3-6-16(17)22/h3-13H,2H2,1H3,(H,23,26)(H,25,27). The van der Waals surface area contributed by atoms with Crippen LogP contribution >= 0.6 is 11.6 Å². The van der Waals surface area contributed by atoms with Crippen LogP contribution in [0.15, 0.2) is 66.7 Å². The number of hydrogen-bond donors (Lipinski definition) is 2. The minimum absolute atomic E-state index is 0.129. The van der Waals surface area contributed by atoms with Crippen LogP contribution in [0.1, 0.15) is 33.5 Å². The molecule has 0 aliphatic carbocycles. The Balaban J connectivity index is 1.73. The number of pyridine rings is 1. The largest absolute Gasteiger partial charge is 0.321 e. The molecule has 2 aromatic carbocycles. The monoisotopic (exact) mass is 379 g/mol. The molecule has 0 radical (unpaired) electrons. The SMILES string of the molecule is CCc1ccc(NC(=O)c2cccc(C(=O)Nc3ccccc3Cl)n2)cc1. The fourth-order valence-electron chi connectivity index (χ4n) is 2.46. The minimum atomic E-state index is -0.440. The van der Waals surface area contributed by atoms with E-state index < -0.39 is 5.91 Å². The number of hydrogen-bond acceptors (Lipinski definition) is 3. The summed E-state index contributed by atoms with van der Waals surface area (Å²) in [4.78, 5) is 29.0. The summed E-state index contributed by atoms with van der Waals surface area (Å²) < 4.78 is 0. The van der Waals surface area contributed by atoms with Crippen molar-refractivity contribution >= 4 is 34.8 Å². The molecule has 0 saturated heterocycles. The van der Waals surface area contributed by atoms with Gasteiger partial charge in [0, 0.05) is 5.69 Å². The van der Waals surface area contributed by atoms with E-state index in [0.717, 1.165) is 6.42 Å². The first-order valence-electron chi connectivity index (χ1n) is 8.50. The number of benzene rings is 2. The highest BCUT2D eigenvalue weighted by Gasteiger charge is 2.13. The molecule has 0 aliphatic rings. The summed E-state index contributed by atoms with van der Waals surface area (Å²) in [6.45, 7) is 2.07. The number of carbonyl (C=O) groups excluding carboxylic acids is 2. The molecule has 0 unspecified atom stereocenters. The Kier molecular flexibility index (Phi) is 5.84. The van der Waals surface area contributed by atoms with Crippen LogP contribution in [0.3, 0.4) is 0 Å². The van der Waals surface area contributed by atoms with Gasteiger partial charge in [0.1, 0.15) is 11.4 Å². The zero-order valence-electron chi connectivity index (χ0n) is 14.7. The number of amides is 2. The molecule has 6 heteroatoms. The molecule has 27 heavy (non-hydrogen) atoms. The lowest BCUT2D eigenvalue weighted by Gasteiger charge is -2.08. The normalized spacial score (nSPS) is 10.3. The first-order valence-corrected chi connectivity index (χ1v) is 8.88. The number of carbonyl (C=O) groups is 2. The Morgan fingerprint density at radius 2 is 1.48 bits per heavy atom. The molecule has 136 valence electrons. The Bertz CT molecular complexity index is 971. The van der Waals surface area contributed by atoms with E-state index in [1.807, 2.05) is 24.3 Å². The summed E-state index contributed by atoms with van der Waals surface area (Å²) in [7, 11) is 0. The average Bonchev–Trinajstić information content (AvgIpc) is 2.70. The molecule has 1 heterocycles. The quantitative estimate of drug-likeness (QED) is 0.668. The number of aryl methyl sites for hydroxylation is 1. The number of nitrogens with zero attached hydrogens (tertiary/aromatic N) is 1. The van der Waals surface area contributed by atoms with Gasteiger partial charge >= 0.3 is 0 Å². The van der Waals surface area contributed by atoms with Crippen LogP contribution in [0.5, 0.6) is 0 Å². The van der Waals surface area contributed by atoms with Crippen LogP contribution in [0.2, 0.25) is 5.02 Å². The van der Waals surface area contributed by atoms with Gasteiger partial charge in [-0.1, -0.05) is 48.9 Å². The lowest BCUT2D eigenvalue weighted by molar-refractivity contribution is 0.101. The summed E-state index contributed by atoms with van der Waals surface area (Å²) >= 11 is 6.05. The van der Waals surface area contributed by atoms with Crippen LogP contribution < -0.4 is 10.6 Å². The number of aromatic nitrogens is 1. The van der Waals surface area contributed by atoms with E-state index in [1.54, 1.807) is 42.5 Å². The van der Waals surface area contributed by atoms with Crippen LogP contribution in [-0.2, 0) is 6.42 Å². The topological polar surface area (TPSA) is 71.1 Å². The van der Waals surface area contributed by atoms with Gasteiger partial charge in [0.25, 0.3) is 11.8 Å². The minimum Gasteiger partial charge on any atom is -0.321 e. The fourth-order valence-corrected chi connectivity index (χ4v) is 2.64. The molecule has 0 fully saturated rings. The van der Waals surface area contributed by atoms with E-state index in [0.29, 0.717) is 16.4 Å². The van der Waals surface area contributed by atoms with E-state index in [4.69, 9.17) is 11.6 Å². The molecule has 3 aromatic rings. The van der Waals surface area contributed by atoms with Gasteiger partial charge in [-0.05, 0) is 48.4 Å². The maximum Gasteiger partial charge on any atom is 0.274 e. The second kappa shape index (κ2) is 8.47. The molecule has 3 rings (SSSR count). The summed E-state index contributed by atoms with van der Waals surface area (Å²) in [6.07, 6.45) is 0.929. The van der Waals surface area contributed by atoms with Crippen molar-refractivity contribution < 1.29 is 9.59 Å². The average molecular weight is 380 g/mol. The molecular formula is C21H18ClN3O2. The van der Waals surface area contributed by atoms with Crippen LogP contribution in [-0.4, -0.2) is 16.8 Å². The maximum absolute atomic E-state index is 12.4. The highest BCUT2D eigenvalue weighted by atomic mass is 35.5. The third-order valence-corrected chi connectivity index (χ3v) is 4.29. The Morgan fingerprint density at radius 1 is 0.852 bits per heavy atom. The van der Waals surface area contributed by atoms with Crippen molar-refractivity contribution in [3.63, 3.8) is 0 Å². The van der Waals surface area contributed by atoms with Crippen molar-refractivity contribution in [1.82, 2.24) is 4.98 Å². The van der Waals surface area contributed by atoms with Gasteiger partial charge in [-0.3, -0.25) is 9.59 Å². The first-order chi connectivity index (χ1) is 13.1. The molecule has 1 aromatic heterocycles. The molecule has 2 N–H and O–H groups in total. The molecule has 5 nitrogen and oxygen atoms in total. The van der Waals surface area contributed by atoms with Gasteiger partial charge < -0.3 is 10.6 Å². The second-order valence-corrected chi connectivity index (χ2v) is 6.25. The van der Waals surface area contributed by atoms with Crippen molar-refractivity contribution in [2.45, 2.75) is 13.3 Å². The maximum atomic E-state index is 12.4. The van der Waals surface area contributed by atoms with E-state index in [-0.39, 0.29) is 17.3 Å². The van der Waals surface area contributed by atoms with Gasteiger partial charge in [0.15, 0.2) is 0 Å². The van der Waals surface area contributed by atoms with Gasteiger partial charge in [0.2, 0.25) is 0 Å². The van der Waals surface area contributed by atoms with Crippen LogP contribution in [0.4, 0.5) is 11.4 Å². The number of nitrogens with one attached hydrogen (secondary N) is 2. The van der Waals surface area contributed by atoms with E-state index in [9.17, 15) is 9.59 Å².